The van der Waals surface area contributed by atoms with Crippen LogP contribution in [0, 0.1) is 5.92 Å². The summed E-state index contributed by atoms with van der Waals surface area (Å²) in [6.07, 6.45) is 5.79. The lowest BCUT2D eigenvalue weighted by molar-refractivity contribution is 0.0642. The number of sulfone groups is 1. The maximum Gasteiger partial charge on any atom is 0.263 e. The minimum Gasteiger partial charge on any atom is -0.473 e. The van der Waals surface area contributed by atoms with Gasteiger partial charge in [-0.2, -0.15) is 5.10 Å². The minimum absolute atomic E-state index is 0.0127. The molecule has 1 amide bonds. The molecule has 10 nitrogen and oxygen atoms in total. The molecule has 1 aliphatic heterocycles. The molecule has 0 bridgehead atoms. The largest absolute Gasteiger partial charge is 0.473 e. The van der Waals surface area contributed by atoms with Crippen molar-refractivity contribution in [2.24, 2.45) is 13.0 Å². The van der Waals surface area contributed by atoms with Crippen LogP contribution in [0.4, 0.5) is 0 Å². The van der Waals surface area contributed by atoms with Crippen LogP contribution >= 0.6 is 0 Å². The molecule has 2 saturated carbocycles. The molecular formula is C22H28N4O6S. The summed E-state index contributed by atoms with van der Waals surface area (Å²) in [4.78, 5) is 25.7. The van der Waals surface area contributed by atoms with E-state index in [1.54, 1.807) is 7.05 Å². The van der Waals surface area contributed by atoms with Crippen molar-refractivity contribution in [1.82, 2.24) is 20.1 Å². The van der Waals surface area contributed by atoms with Crippen molar-refractivity contribution < 1.29 is 22.7 Å². The summed E-state index contributed by atoms with van der Waals surface area (Å²) in [6.45, 7) is 1.84. The van der Waals surface area contributed by atoms with Crippen LogP contribution in [0.15, 0.2) is 17.1 Å². The van der Waals surface area contributed by atoms with E-state index in [0.29, 0.717) is 62.3 Å². The third-order valence-electron chi connectivity index (χ3n) is 6.97. The van der Waals surface area contributed by atoms with Crippen LogP contribution in [0.1, 0.15) is 48.9 Å². The lowest BCUT2D eigenvalue weighted by Crippen LogP contribution is -2.36. The first-order valence-electron chi connectivity index (χ1n) is 11.4. The van der Waals surface area contributed by atoms with Gasteiger partial charge >= 0.3 is 0 Å². The maximum absolute atomic E-state index is 13.0. The third kappa shape index (κ3) is 4.12. The summed E-state index contributed by atoms with van der Waals surface area (Å²) >= 11 is 0. The van der Waals surface area contributed by atoms with Gasteiger partial charge in [0.15, 0.2) is 9.84 Å². The molecule has 33 heavy (non-hydrogen) atoms. The SMILES string of the molecule is Cn1c(=O)c(C(=O)NCC2CCOCC2)cc2cnnc(OCC3(S(=O)(=O)C4CC4)CC3)c21. The Morgan fingerprint density at radius 1 is 1.27 bits per heavy atom. The van der Waals surface area contributed by atoms with Gasteiger partial charge in [-0.15, -0.1) is 5.10 Å². The van der Waals surface area contributed by atoms with E-state index in [0.717, 1.165) is 12.8 Å². The summed E-state index contributed by atoms with van der Waals surface area (Å²) in [7, 11) is -1.69. The van der Waals surface area contributed by atoms with E-state index >= 15 is 0 Å². The fraction of sp³-hybridized carbons (Fsp3) is 0.636. The smallest absolute Gasteiger partial charge is 0.263 e. The quantitative estimate of drug-likeness (QED) is 0.597. The van der Waals surface area contributed by atoms with Gasteiger partial charge in [0.2, 0.25) is 0 Å². The predicted molar refractivity (Wildman–Crippen MR) is 120 cm³/mol. The van der Waals surface area contributed by atoms with Crippen LogP contribution in [-0.2, 0) is 21.6 Å². The highest BCUT2D eigenvalue weighted by atomic mass is 32.2. The van der Waals surface area contributed by atoms with Crippen LogP contribution < -0.4 is 15.6 Å². The molecule has 0 spiro atoms. The molecule has 0 atom stereocenters. The second kappa shape index (κ2) is 8.35. The van der Waals surface area contributed by atoms with Crippen LogP contribution in [0.5, 0.6) is 5.88 Å². The van der Waals surface area contributed by atoms with Gasteiger partial charge in [-0.05, 0) is 50.5 Å². The molecule has 3 fully saturated rings. The number of fused-ring (bicyclic) bond motifs is 1. The van der Waals surface area contributed by atoms with Gasteiger partial charge < -0.3 is 19.4 Å². The Hall–Kier alpha value is -2.53. The average Bonchev–Trinajstić information content (AvgIpc) is 3.72. The molecule has 0 aromatic carbocycles. The number of nitrogens with zero attached hydrogens (tertiary/aromatic N) is 3. The number of carbonyl (C=O) groups is 1. The first kappa shape index (κ1) is 22.3. The lowest BCUT2D eigenvalue weighted by Gasteiger charge is -2.22. The summed E-state index contributed by atoms with van der Waals surface area (Å²) in [5, 5.41) is 11.1. The van der Waals surface area contributed by atoms with E-state index in [9.17, 15) is 18.0 Å². The normalized spacial score (nSPS) is 20.5. The number of nitrogens with one attached hydrogen (secondary N) is 1. The van der Waals surface area contributed by atoms with Gasteiger partial charge in [0, 0.05) is 32.2 Å². The second-order valence-corrected chi connectivity index (χ2v) is 12.0. The van der Waals surface area contributed by atoms with Gasteiger partial charge in [-0.1, -0.05) is 0 Å². The number of aryl methyl sites for hydroxylation is 1. The zero-order valence-electron chi connectivity index (χ0n) is 18.6. The molecule has 5 rings (SSSR count). The van der Waals surface area contributed by atoms with Gasteiger partial charge in [0.1, 0.15) is 22.4 Å². The number of amides is 1. The van der Waals surface area contributed by atoms with E-state index in [1.807, 2.05) is 0 Å². The van der Waals surface area contributed by atoms with Crippen molar-refractivity contribution in [3.63, 3.8) is 0 Å². The van der Waals surface area contributed by atoms with E-state index in [1.165, 1.54) is 16.8 Å². The summed E-state index contributed by atoms with van der Waals surface area (Å²) in [6, 6.07) is 1.49. The minimum atomic E-state index is -3.23. The highest BCUT2D eigenvalue weighted by Crippen LogP contribution is 2.50. The number of carbonyl (C=O) groups excluding carboxylic acids is 1. The zero-order valence-corrected chi connectivity index (χ0v) is 19.4. The highest BCUT2D eigenvalue weighted by molar-refractivity contribution is 7.94. The van der Waals surface area contributed by atoms with Gasteiger partial charge in [0.25, 0.3) is 17.3 Å². The molecule has 2 aromatic heterocycles. The van der Waals surface area contributed by atoms with E-state index in [2.05, 4.69) is 15.5 Å². The predicted octanol–water partition coefficient (Wildman–Crippen LogP) is 0.974. The first-order chi connectivity index (χ1) is 15.8. The van der Waals surface area contributed by atoms with Crippen molar-refractivity contribution in [2.75, 3.05) is 26.4 Å². The molecule has 3 aliphatic rings. The van der Waals surface area contributed by atoms with Crippen molar-refractivity contribution in [3.05, 3.63) is 28.2 Å². The molecule has 178 valence electrons. The number of hydrogen-bond donors (Lipinski definition) is 1. The standard InChI is InChI=1S/C22H28N4O6S/c1-26-18-15(10-17(21(26)28)19(27)23-11-14-4-8-31-9-5-14)12-24-25-20(18)32-13-22(6-7-22)33(29,30)16-2-3-16/h10,12,14,16H,2-9,11,13H2,1H3,(H,23,27). The molecular weight excluding hydrogens is 448 g/mol. The van der Waals surface area contributed by atoms with Crippen LogP contribution in [0.3, 0.4) is 0 Å². The molecule has 11 heteroatoms. The number of rotatable bonds is 8. The average molecular weight is 477 g/mol. The number of hydrogen-bond acceptors (Lipinski definition) is 8. The summed E-state index contributed by atoms with van der Waals surface area (Å²) < 4.78 is 37.2. The van der Waals surface area contributed by atoms with Gasteiger partial charge in [-0.25, -0.2) is 8.42 Å². The molecule has 1 N–H and O–H groups in total. The summed E-state index contributed by atoms with van der Waals surface area (Å²) in [5.41, 5.74) is -0.0712. The van der Waals surface area contributed by atoms with Gasteiger partial charge in [0.05, 0.1) is 11.4 Å². The monoisotopic (exact) mass is 476 g/mol. The van der Waals surface area contributed by atoms with Crippen LogP contribution in [0.25, 0.3) is 10.9 Å². The van der Waals surface area contributed by atoms with Crippen molar-refractivity contribution in [1.29, 1.82) is 0 Å². The first-order valence-corrected chi connectivity index (χ1v) is 12.9. The summed E-state index contributed by atoms with van der Waals surface area (Å²) in [5.74, 6) is -0.00573. The molecule has 1 saturated heterocycles. The number of pyridine rings is 1. The van der Waals surface area contributed by atoms with E-state index in [4.69, 9.17) is 9.47 Å². The Bertz CT molecular complexity index is 1240. The molecule has 0 radical (unpaired) electrons. The Kier molecular flexibility index (Phi) is 5.64. The lowest BCUT2D eigenvalue weighted by atomic mass is 10.0. The second-order valence-electron chi connectivity index (χ2n) is 9.36. The van der Waals surface area contributed by atoms with Crippen molar-refractivity contribution in [2.45, 2.75) is 48.5 Å². The van der Waals surface area contributed by atoms with Crippen molar-refractivity contribution >= 4 is 26.6 Å². The third-order valence-corrected chi connectivity index (χ3v) is 10.1. The fourth-order valence-electron chi connectivity index (χ4n) is 4.44. The topological polar surface area (TPSA) is 129 Å². The van der Waals surface area contributed by atoms with Crippen LogP contribution in [0.2, 0.25) is 0 Å². The van der Waals surface area contributed by atoms with Gasteiger partial charge in [-0.3, -0.25) is 9.59 Å². The van der Waals surface area contributed by atoms with E-state index in [-0.39, 0.29) is 23.3 Å². The molecule has 0 unspecified atom stereocenters. The molecule has 3 heterocycles. The highest BCUT2D eigenvalue weighted by Gasteiger charge is 2.60. The molecule has 2 aliphatic carbocycles. The number of ether oxygens (including phenoxy) is 2. The Morgan fingerprint density at radius 3 is 2.67 bits per heavy atom. The Morgan fingerprint density at radius 2 is 2.00 bits per heavy atom. The Labute approximate surface area is 191 Å². The Balaban J connectivity index is 1.36. The fourth-order valence-corrected chi connectivity index (χ4v) is 6.80. The van der Waals surface area contributed by atoms with Crippen molar-refractivity contribution in [3.8, 4) is 5.88 Å². The number of aromatic nitrogens is 3. The maximum atomic E-state index is 13.0. The zero-order chi connectivity index (χ0) is 23.2. The van der Waals surface area contributed by atoms with Crippen LogP contribution in [-0.4, -0.2) is 65.5 Å². The molecule has 2 aromatic rings. The van der Waals surface area contributed by atoms with E-state index < -0.39 is 26.1 Å².